The molecule has 3 atom stereocenters. The number of nitrogens with one attached hydrogen (secondary N) is 1. The predicted molar refractivity (Wildman–Crippen MR) is 142 cm³/mol. The number of carbonyl (C=O) groups is 1. The van der Waals surface area contributed by atoms with Crippen molar-refractivity contribution >= 4 is 13.5 Å². The van der Waals surface area contributed by atoms with Gasteiger partial charge in [-0.05, 0) is 56.6 Å². The molecular weight excluding hydrogens is 475 g/mol. The molecule has 1 saturated carbocycles. The summed E-state index contributed by atoms with van der Waals surface area (Å²) in [5.74, 6) is 1.07. The number of rotatable bonds is 11. The van der Waals surface area contributed by atoms with Crippen LogP contribution in [0.15, 0.2) is 48.5 Å². The first kappa shape index (κ1) is 26.9. The van der Waals surface area contributed by atoms with E-state index in [1.165, 1.54) is 12.8 Å². The SMILES string of the molecule is CC(C)OC(=O)[C@H](C)NP(=O)(CN1CCOCC1)Oc1c(-c2ccccc2)cccc1[C@H](C)C1CC1. The number of nitrogens with zero attached hydrogens (tertiary/aromatic N) is 1. The largest absolute Gasteiger partial charge is 0.462 e. The Morgan fingerprint density at radius 3 is 2.39 bits per heavy atom. The normalized spacial score (nSPS) is 19.9. The Morgan fingerprint density at radius 2 is 1.75 bits per heavy atom. The van der Waals surface area contributed by atoms with E-state index in [-0.39, 0.29) is 18.3 Å². The molecule has 2 fully saturated rings. The maximum absolute atomic E-state index is 14.6. The number of hydrogen-bond donors (Lipinski definition) is 1. The lowest BCUT2D eigenvalue weighted by Crippen LogP contribution is -2.42. The van der Waals surface area contributed by atoms with Crippen molar-refractivity contribution in [1.82, 2.24) is 9.99 Å². The summed E-state index contributed by atoms with van der Waals surface area (Å²) in [6, 6.07) is 15.4. The van der Waals surface area contributed by atoms with Gasteiger partial charge in [0, 0.05) is 18.7 Å². The van der Waals surface area contributed by atoms with Gasteiger partial charge in [-0.1, -0.05) is 55.5 Å². The molecule has 2 aliphatic rings. The van der Waals surface area contributed by atoms with Crippen molar-refractivity contribution in [3.8, 4) is 16.9 Å². The lowest BCUT2D eigenvalue weighted by molar-refractivity contribution is -0.149. The van der Waals surface area contributed by atoms with Gasteiger partial charge in [0.25, 0.3) is 0 Å². The van der Waals surface area contributed by atoms with Crippen LogP contribution in [-0.2, 0) is 18.8 Å². The molecule has 0 spiro atoms. The summed E-state index contributed by atoms with van der Waals surface area (Å²) in [5.41, 5.74) is 2.96. The molecule has 0 bridgehead atoms. The fourth-order valence-corrected chi connectivity index (χ4v) is 6.84. The van der Waals surface area contributed by atoms with Gasteiger partial charge in [-0.25, -0.2) is 5.09 Å². The second-order valence-corrected chi connectivity index (χ2v) is 12.3. The Hall–Kier alpha value is -2.18. The molecule has 7 nitrogen and oxygen atoms in total. The van der Waals surface area contributed by atoms with Crippen LogP contribution in [-0.4, -0.2) is 55.6 Å². The Bertz CT molecular complexity index is 1070. The van der Waals surface area contributed by atoms with Crippen LogP contribution in [0.25, 0.3) is 11.1 Å². The predicted octanol–water partition coefficient (Wildman–Crippen LogP) is 5.66. The first-order valence-electron chi connectivity index (χ1n) is 13.0. The maximum atomic E-state index is 14.6. The number of morpholine rings is 1. The number of esters is 1. The first-order chi connectivity index (χ1) is 17.3. The minimum atomic E-state index is -3.57. The quantitative estimate of drug-likeness (QED) is 0.306. The van der Waals surface area contributed by atoms with Crippen LogP contribution < -0.4 is 9.61 Å². The molecule has 1 N–H and O–H groups in total. The van der Waals surface area contributed by atoms with Crippen LogP contribution in [0.5, 0.6) is 5.75 Å². The third-order valence-electron chi connectivity index (χ3n) is 6.77. The zero-order chi connectivity index (χ0) is 25.7. The maximum Gasteiger partial charge on any atom is 0.331 e. The van der Waals surface area contributed by atoms with Gasteiger partial charge in [-0.15, -0.1) is 0 Å². The second-order valence-electron chi connectivity index (χ2n) is 10.2. The van der Waals surface area contributed by atoms with E-state index in [2.05, 4.69) is 23.0 Å². The molecule has 1 aliphatic carbocycles. The van der Waals surface area contributed by atoms with Crippen molar-refractivity contribution in [2.45, 2.75) is 58.6 Å². The summed E-state index contributed by atoms with van der Waals surface area (Å²) >= 11 is 0. The number of ether oxygens (including phenoxy) is 2. The molecule has 36 heavy (non-hydrogen) atoms. The van der Waals surface area contributed by atoms with Gasteiger partial charge in [0.15, 0.2) is 0 Å². The Morgan fingerprint density at radius 1 is 1.06 bits per heavy atom. The second kappa shape index (κ2) is 11.9. The van der Waals surface area contributed by atoms with E-state index in [9.17, 15) is 9.36 Å². The molecule has 1 aliphatic heterocycles. The van der Waals surface area contributed by atoms with Gasteiger partial charge in [0.05, 0.1) is 19.3 Å². The summed E-state index contributed by atoms with van der Waals surface area (Å²) in [4.78, 5) is 14.7. The highest BCUT2D eigenvalue weighted by Crippen LogP contribution is 2.52. The third kappa shape index (κ3) is 6.98. The standard InChI is InChI=1S/C28H39N2O5P/c1-20(2)34-28(31)22(4)29-36(32,19-30-15-17-33-18-16-30)35-27-25(21(3)23-13-14-23)11-8-12-26(27)24-9-6-5-7-10-24/h5-12,20-23H,13-19H2,1-4H3,(H,29,32)/t21-,22+,36?/m1/s1. The van der Waals surface area contributed by atoms with Crippen molar-refractivity contribution in [3.05, 3.63) is 54.1 Å². The number of hydrogen-bond acceptors (Lipinski definition) is 6. The van der Waals surface area contributed by atoms with Crippen LogP contribution in [0.1, 0.15) is 52.0 Å². The van der Waals surface area contributed by atoms with Crippen molar-refractivity contribution < 1.29 is 23.4 Å². The average molecular weight is 515 g/mol. The van der Waals surface area contributed by atoms with Crippen LogP contribution in [0, 0.1) is 5.92 Å². The Labute approximate surface area is 215 Å². The van der Waals surface area contributed by atoms with Crippen molar-refractivity contribution in [1.29, 1.82) is 0 Å². The van der Waals surface area contributed by atoms with Gasteiger partial charge < -0.3 is 14.0 Å². The molecule has 1 saturated heterocycles. The van der Waals surface area contributed by atoms with Crippen LogP contribution in [0.2, 0.25) is 0 Å². The molecule has 0 amide bonds. The Balaban J connectivity index is 1.71. The highest BCUT2D eigenvalue weighted by Gasteiger charge is 2.37. The van der Waals surface area contributed by atoms with Crippen LogP contribution in [0.3, 0.4) is 0 Å². The summed E-state index contributed by atoms with van der Waals surface area (Å²) < 4.78 is 32.0. The first-order valence-corrected chi connectivity index (χ1v) is 14.8. The van der Waals surface area contributed by atoms with Gasteiger partial charge in [-0.3, -0.25) is 14.3 Å². The zero-order valence-electron chi connectivity index (χ0n) is 21.8. The lowest BCUT2D eigenvalue weighted by Gasteiger charge is -2.33. The molecule has 0 aromatic heterocycles. The molecule has 1 unspecified atom stereocenters. The third-order valence-corrected chi connectivity index (χ3v) is 8.80. The van der Waals surface area contributed by atoms with Gasteiger partial charge in [0.1, 0.15) is 18.1 Å². The van der Waals surface area contributed by atoms with Crippen molar-refractivity contribution in [2.75, 3.05) is 32.6 Å². The smallest absolute Gasteiger partial charge is 0.331 e. The number of carbonyl (C=O) groups excluding carboxylic acids is 1. The van der Waals surface area contributed by atoms with Crippen molar-refractivity contribution in [2.24, 2.45) is 5.92 Å². The van der Waals surface area contributed by atoms with Gasteiger partial charge in [0.2, 0.25) is 0 Å². The van der Waals surface area contributed by atoms with E-state index in [0.29, 0.717) is 38.0 Å². The van der Waals surface area contributed by atoms with E-state index >= 15 is 0 Å². The minimum Gasteiger partial charge on any atom is -0.462 e. The summed E-state index contributed by atoms with van der Waals surface area (Å²) in [5, 5.41) is 3.06. The van der Waals surface area contributed by atoms with E-state index < -0.39 is 19.5 Å². The molecule has 0 radical (unpaired) electrons. The summed E-state index contributed by atoms with van der Waals surface area (Å²) in [6.45, 7) is 9.97. The molecule has 2 aromatic rings. The molecule has 1 heterocycles. The molecule has 196 valence electrons. The fraction of sp³-hybridized carbons (Fsp3) is 0.536. The van der Waals surface area contributed by atoms with E-state index in [4.69, 9.17) is 14.0 Å². The van der Waals surface area contributed by atoms with Crippen molar-refractivity contribution in [3.63, 3.8) is 0 Å². The molecule has 2 aromatic carbocycles. The van der Waals surface area contributed by atoms with Gasteiger partial charge in [-0.2, -0.15) is 0 Å². The zero-order valence-corrected chi connectivity index (χ0v) is 22.7. The highest BCUT2D eigenvalue weighted by molar-refractivity contribution is 7.57. The monoisotopic (exact) mass is 514 g/mol. The Kier molecular flexibility index (Phi) is 8.89. The lowest BCUT2D eigenvalue weighted by atomic mass is 9.91. The molecule has 4 rings (SSSR count). The minimum absolute atomic E-state index is 0.177. The average Bonchev–Trinajstić information content (AvgIpc) is 3.70. The fourth-order valence-electron chi connectivity index (χ4n) is 4.64. The number of benzene rings is 2. The highest BCUT2D eigenvalue weighted by atomic mass is 31.2. The molecular formula is C28H39N2O5P. The van der Waals surface area contributed by atoms with E-state index in [1.807, 2.05) is 42.5 Å². The van der Waals surface area contributed by atoms with E-state index in [0.717, 1.165) is 16.7 Å². The summed E-state index contributed by atoms with van der Waals surface area (Å²) in [7, 11) is -3.57. The molecule has 8 heteroatoms. The van der Waals surface area contributed by atoms with Crippen LogP contribution >= 0.6 is 7.52 Å². The number of para-hydroxylation sites is 1. The topological polar surface area (TPSA) is 77.1 Å². The van der Waals surface area contributed by atoms with E-state index in [1.54, 1.807) is 20.8 Å². The summed E-state index contributed by atoms with van der Waals surface area (Å²) in [6.07, 6.45) is 2.30. The van der Waals surface area contributed by atoms with Crippen LogP contribution in [0.4, 0.5) is 0 Å². The van der Waals surface area contributed by atoms with Gasteiger partial charge >= 0.3 is 13.5 Å².